The number of hydrogen-bond acceptors (Lipinski definition) is 3. The standard InChI is InChI=1S/C15H22O3/c1-12(2)8-7-11-18-15(17-4)13-9-5-6-10-14(13)16-3/h5-6,8-10,15H,7,11H2,1-4H3/t15-/m1/s1. The summed E-state index contributed by atoms with van der Waals surface area (Å²) in [7, 11) is 3.28. The van der Waals surface area contributed by atoms with Gasteiger partial charge in [-0.05, 0) is 26.3 Å². The van der Waals surface area contributed by atoms with Gasteiger partial charge in [-0.25, -0.2) is 0 Å². The van der Waals surface area contributed by atoms with Crippen molar-refractivity contribution in [2.75, 3.05) is 20.8 Å². The van der Waals surface area contributed by atoms with E-state index in [1.54, 1.807) is 14.2 Å². The Bertz CT molecular complexity index is 381. The zero-order valence-electron chi connectivity index (χ0n) is 11.6. The Hall–Kier alpha value is -1.32. The Morgan fingerprint density at radius 3 is 2.56 bits per heavy atom. The second-order valence-electron chi connectivity index (χ2n) is 4.25. The quantitative estimate of drug-likeness (QED) is 0.419. The largest absolute Gasteiger partial charge is 0.496 e. The number of hydrogen-bond donors (Lipinski definition) is 0. The molecule has 0 unspecified atom stereocenters. The maximum absolute atomic E-state index is 5.72. The zero-order chi connectivity index (χ0) is 13.4. The molecule has 0 N–H and O–H groups in total. The summed E-state index contributed by atoms with van der Waals surface area (Å²) in [5, 5.41) is 0. The van der Waals surface area contributed by atoms with Crippen molar-refractivity contribution in [1.29, 1.82) is 0 Å². The lowest BCUT2D eigenvalue weighted by Gasteiger charge is -2.18. The molecule has 0 radical (unpaired) electrons. The highest BCUT2D eigenvalue weighted by Gasteiger charge is 2.14. The molecule has 0 aliphatic carbocycles. The molecule has 100 valence electrons. The molecule has 0 amide bonds. The Labute approximate surface area is 109 Å². The molecule has 1 aromatic carbocycles. The number of benzene rings is 1. The summed E-state index contributed by atoms with van der Waals surface area (Å²) in [6.07, 6.45) is 2.65. The van der Waals surface area contributed by atoms with Crippen LogP contribution < -0.4 is 4.74 Å². The maximum atomic E-state index is 5.72. The highest BCUT2D eigenvalue weighted by atomic mass is 16.7. The monoisotopic (exact) mass is 250 g/mol. The summed E-state index contributed by atoms with van der Waals surface area (Å²) in [6.45, 7) is 4.78. The third kappa shape index (κ3) is 4.51. The molecule has 3 heteroatoms. The molecule has 18 heavy (non-hydrogen) atoms. The van der Waals surface area contributed by atoms with Crippen LogP contribution in [-0.4, -0.2) is 20.8 Å². The summed E-state index contributed by atoms with van der Waals surface area (Å²) in [6, 6.07) is 7.73. The minimum atomic E-state index is -0.383. The van der Waals surface area contributed by atoms with Gasteiger partial charge in [-0.1, -0.05) is 29.8 Å². The molecule has 3 nitrogen and oxygen atoms in total. The van der Waals surface area contributed by atoms with Gasteiger partial charge in [-0.3, -0.25) is 0 Å². The van der Waals surface area contributed by atoms with Gasteiger partial charge in [-0.15, -0.1) is 0 Å². The lowest BCUT2D eigenvalue weighted by Crippen LogP contribution is -2.09. The van der Waals surface area contributed by atoms with Crippen molar-refractivity contribution >= 4 is 0 Å². The number of para-hydroxylation sites is 1. The predicted molar refractivity (Wildman–Crippen MR) is 72.7 cm³/mol. The van der Waals surface area contributed by atoms with Gasteiger partial charge in [-0.2, -0.15) is 0 Å². The van der Waals surface area contributed by atoms with Crippen molar-refractivity contribution in [3.05, 3.63) is 41.5 Å². The Morgan fingerprint density at radius 1 is 1.22 bits per heavy atom. The zero-order valence-corrected chi connectivity index (χ0v) is 11.6. The second kappa shape index (κ2) is 7.90. The van der Waals surface area contributed by atoms with Crippen molar-refractivity contribution in [2.45, 2.75) is 26.6 Å². The van der Waals surface area contributed by atoms with E-state index in [0.717, 1.165) is 17.7 Å². The van der Waals surface area contributed by atoms with Crippen LogP contribution in [-0.2, 0) is 9.47 Å². The minimum absolute atomic E-state index is 0.383. The van der Waals surface area contributed by atoms with Gasteiger partial charge < -0.3 is 14.2 Å². The Morgan fingerprint density at radius 2 is 1.94 bits per heavy atom. The van der Waals surface area contributed by atoms with Crippen LogP contribution in [0, 0.1) is 0 Å². The Balaban J connectivity index is 2.62. The van der Waals surface area contributed by atoms with Crippen molar-refractivity contribution < 1.29 is 14.2 Å². The summed E-state index contributed by atoms with van der Waals surface area (Å²) < 4.78 is 16.4. The smallest absolute Gasteiger partial charge is 0.187 e. The maximum Gasteiger partial charge on any atom is 0.187 e. The van der Waals surface area contributed by atoms with Crippen LogP contribution in [0.15, 0.2) is 35.9 Å². The first-order chi connectivity index (χ1) is 8.69. The molecule has 1 aromatic rings. The summed E-state index contributed by atoms with van der Waals surface area (Å²) in [5.74, 6) is 0.784. The molecule has 0 aromatic heterocycles. The fourth-order valence-corrected chi connectivity index (χ4v) is 1.67. The first-order valence-corrected chi connectivity index (χ1v) is 6.09. The number of rotatable bonds is 7. The van der Waals surface area contributed by atoms with E-state index in [0.29, 0.717) is 6.61 Å². The molecule has 1 rings (SSSR count). The molecule has 0 fully saturated rings. The molecule has 0 aliphatic heterocycles. The normalized spacial score (nSPS) is 12.0. The van der Waals surface area contributed by atoms with Crippen LogP contribution >= 0.6 is 0 Å². The third-order valence-electron chi connectivity index (χ3n) is 2.55. The molecule has 0 aliphatic rings. The molecular weight excluding hydrogens is 228 g/mol. The highest BCUT2D eigenvalue weighted by Crippen LogP contribution is 2.27. The second-order valence-corrected chi connectivity index (χ2v) is 4.25. The minimum Gasteiger partial charge on any atom is -0.496 e. The van der Waals surface area contributed by atoms with Crippen molar-refractivity contribution in [1.82, 2.24) is 0 Å². The summed E-state index contributed by atoms with van der Waals surface area (Å²) >= 11 is 0. The van der Waals surface area contributed by atoms with Crippen LogP contribution in [0.5, 0.6) is 5.75 Å². The van der Waals surface area contributed by atoms with E-state index < -0.39 is 0 Å². The number of ether oxygens (including phenoxy) is 3. The van der Waals surface area contributed by atoms with Gasteiger partial charge in [0.25, 0.3) is 0 Å². The fraction of sp³-hybridized carbons (Fsp3) is 0.467. The molecule has 0 spiro atoms. The number of allylic oxidation sites excluding steroid dienone is 1. The van der Waals surface area contributed by atoms with Gasteiger partial charge in [0.2, 0.25) is 0 Å². The van der Waals surface area contributed by atoms with E-state index in [4.69, 9.17) is 14.2 Å². The lowest BCUT2D eigenvalue weighted by atomic mass is 10.2. The van der Waals surface area contributed by atoms with Crippen LogP contribution in [0.4, 0.5) is 0 Å². The van der Waals surface area contributed by atoms with Gasteiger partial charge in [0, 0.05) is 12.7 Å². The first-order valence-electron chi connectivity index (χ1n) is 6.09. The van der Waals surface area contributed by atoms with Crippen LogP contribution in [0.25, 0.3) is 0 Å². The van der Waals surface area contributed by atoms with Gasteiger partial charge in [0.15, 0.2) is 6.29 Å². The van der Waals surface area contributed by atoms with Gasteiger partial charge in [0.05, 0.1) is 13.7 Å². The van der Waals surface area contributed by atoms with E-state index in [1.165, 1.54) is 5.57 Å². The van der Waals surface area contributed by atoms with Crippen molar-refractivity contribution in [3.63, 3.8) is 0 Å². The molecule has 0 bridgehead atoms. The van der Waals surface area contributed by atoms with Crippen LogP contribution in [0.2, 0.25) is 0 Å². The molecule has 0 heterocycles. The van der Waals surface area contributed by atoms with Gasteiger partial charge in [0.1, 0.15) is 5.75 Å². The van der Waals surface area contributed by atoms with Crippen molar-refractivity contribution in [2.24, 2.45) is 0 Å². The molecular formula is C15H22O3. The predicted octanol–water partition coefficient (Wildman–Crippen LogP) is 3.71. The summed E-state index contributed by atoms with van der Waals surface area (Å²) in [4.78, 5) is 0. The molecule has 0 saturated heterocycles. The van der Waals surface area contributed by atoms with Crippen LogP contribution in [0.1, 0.15) is 32.1 Å². The first kappa shape index (κ1) is 14.7. The van der Waals surface area contributed by atoms with E-state index in [1.807, 2.05) is 24.3 Å². The van der Waals surface area contributed by atoms with Crippen molar-refractivity contribution in [3.8, 4) is 5.75 Å². The fourth-order valence-electron chi connectivity index (χ4n) is 1.67. The number of methoxy groups -OCH3 is 2. The van der Waals surface area contributed by atoms with E-state index in [9.17, 15) is 0 Å². The molecule has 0 saturated carbocycles. The Kier molecular flexibility index (Phi) is 6.47. The topological polar surface area (TPSA) is 27.7 Å². The van der Waals surface area contributed by atoms with Gasteiger partial charge >= 0.3 is 0 Å². The summed E-state index contributed by atoms with van der Waals surface area (Å²) in [5.41, 5.74) is 2.21. The third-order valence-corrected chi connectivity index (χ3v) is 2.55. The highest BCUT2D eigenvalue weighted by molar-refractivity contribution is 5.34. The van der Waals surface area contributed by atoms with E-state index in [2.05, 4.69) is 19.9 Å². The lowest BCUT2D eigenvalue weighted by molar-refractivity contribution is -0.127. The van der Waals surface area contributed by atoms with Crippen LogP contribution in [0.3, 0.4) is 0 Å². The average molecular weight is 250 g/mol. The molecule has 1 atom stereocenters. The van der Waals surface area contributed by atoms with E-state index in [-0.39, 0.29) is 6.29 Å². The average Bonchev–Trinajstić information content (AvgIpc) is 2.38. The van der Waals surface area contributed by atoms with E-state index >= 15 is 0 Å². The SMILES string of the molecule is COc1ccccc1[C@H](OC)OCCC=C(C)C.